The number of hydrogen-bond donors (Lipinski definition) is 0. The number of carbonyl (C=O) groups excluding carboxylic acids is 3. The minimum atomic E-state index is -0.839. The number of allylic oxidation sites excluding steroid dienone is 26. The molecule has 0 rings (SSSR count). The van der Waals surface area contributed by atoms with E-state index in [4.69, 9.17) is 14.2 Å². The van der Waals surface area contributed by atoms with Crippen LogP contribution < -0.4 is 0 Å². The fourth-order valence-corrected chi connectivity index (χ4v) is 7.45. The molecule has 0 aromatic carbocycles. The highest BCUT2D eigenvalue weighted by Crippen LogP contribution is 2.14. The molecule has 0 aromatic rings. The third-order valence-electron chi connectivity index (χ3n) is 11.8. The van der Waals surface area contributed by atoms with Crippen molar-refractivity contribution in [2.24, 2.45) is 0 Å². The van der Waals surface area contributed by atoms with Crippen LogP contribution in [0.1, 0.15) is 233 Å². The van der Waals surface area contributed by atoms with Crippen LogP contribution in [0.3, 0.4) is 0 Å². The van der Waals surface area contributed by atoms with E-state index in [1.807, 2.05) is 12.2 Å². The van der Waals surface area contributed by atoms with E-state index in [-0.39, 0.29) is 31.6 Å². The molecule has 0 aliphatic carbocycles. The van der Waals surface area contributed by atoms with E-state index in [0.29, 0.717) is 19.3 Å². The van der Waals surface area contributed by atoms with Gasteiger partial charge in [-0.05, 0) is 116 Å². The summed E-state index contributed by atoms with van der Waals surface area (Å²) in [5.74, 6) is -1.05. The quantitative estimate of drug-likeness (QED) is 0.0261. The Kier molecular flexibility index (Phi) is 56.5. The van der Waals surface area contributed by atoms with Gasteiger partial charge in [-0.3, -0.25) is 14.4 Å². The summed E-state index contributed by atoms with van der Waals surface area (Å²) in [6.45, 7) is 6.30. The summed E-state index contributed by atoms with van der Waals surface area (Å²) >= 11 is 0. The largest absolute Gasteiger partial charge is 0.462 e. The minimum Gasteiger partial charge on any atom is -0.462 e. The second kappa shape index (κ2) is 60.6. The summed E-state index contributed by atoms with van der Waals surface area (Å²) in [5.41, 5.74) is 0. The zero-order chi connectivity index (χ0) is 53.6. The number of rotatable bonds is 51. The first-order valence-electron chi connectivity index (χ1n) is 29.5. The average molecular weight is 1020 g/mol. The Balaban J connectivity index is 4.54. The second-order valence-corrected chi connectivity index (χ2v) is 18.8. The lowest BCUT2D eigenvalue weighted by Crippen LogP contribution is -2.30. The lowest BCUT2D eigenvalue weighted by atomic mass is 10.0. The van der Waals surface area contributed by atoms with E-state index in [9.17, 15) is 14.4 Å². The molecule has 74 heavy (non-hydrogen) atoms. The van der Waals surface area contributed by atoms with Crippen molar-refractivity contribution in [3.63, 3.8) is 0 Å². The highest BCUT2D eigenvalue weighted by molar-refractivity contribution is 5.71. The van der Waals surface area contributed by atoms with Gasteiger partial charge in [0.1, 0.15) is 13.2 Å². The summed E-state index contributed by atoms with van der Waals surface area (Å²) < 4.78 is 16.8. The molecule has 6 heteroatoms. The summed E-state index contributed by atoms with van der Waals surface area (Å²) in [4.78, 5) is 38.1. The fraction of sp³-hybridized carbons (Fsp3) is 0.574. The van der Waals surface area contributed by atoms with Gasteiger partial charge in [0.05, 0.1) is 0 Å². The smallest absolute Gasteiger partial charge is 0.306 e. The predicted molar refractivity (Wildman–Crippen MR) is 320 cm³/mol. The van der Waals surface area contributed by atoms with E-state index in [2.05, 4.69) is 167 Å². The number of hydrogen-bond acceptors (Lipinski definition) is 6. The van der Waals surface area contributed by atoms with Crippen molar-refractivity contribution in [3.8, 4) is 0 Å². The zero-order valence-corrected chi connectivity index (χ0v) is 47.3. The Labute approximate surface area is 454 Å². The van der Waals surface area contributed by atoms with Crippen molar-refractivity contribution < 1.29 is 28.6 Å². The Bertz CT molecular complexity index is 1690. The number of unbranched alkanes of at least 4 members (excludes halogenated alkanes) is 14. The van der Waals surface area contributed by atoms with Crippen LogP contribution in [-0.2, 0) is 28.6 Å². The van der Waals surface area contributed by atoms with Crippen LogP contribution in [0.4, 0.5) is 0 Å². The monoisotopic (exact) mass is 1020 g/mol. The average Bonchev–Trinajstić information content (AvgIpc) is 3.40. The van der Waals surface area contributed by atoms with Crippen LogP contribution in [0.5, 0.6) is 0 Å². The molecule has 0 fully saturated rings. The lowest BCUT2D eigenvalue weighted by Gasteiger charge is -2.18. The topological polar surface area (TPSA) is 78.9 Å². The Morgan fingerprint density at radius 3 is 0.878 bits per heavy atom. The third kappa shape index (κ3) is 57.9. The summed E-state index contributed by atoms with van der Waals surface area (Å²) in [7, 11) is 0. The highest BCUT2D eigenvalue weighted by Gasteiger charge is 2.19. The van der Waals surface area contributed by atoms with Crippen LogP contribution in [0.25, 0.3) is 0 Å². The molecule has 0 radical (unpaired) electrons. The molecule has 0 aliphatic heterocycles. The summed E-state index contributed by atoms with van der Waals surface area (Å²) in [6.07, 6.45) is 88.2. The molecule has 6 nitrogen and oxygen atoms in total. The first-order chi connectivity index (χ1) is 36.5. The standard InChI is InChI=1S/C68H106O6/c1-4-7-10-13-16-19-22-25-27-29-31-32-33-34-35-36-38-39-41-43-46-49-52-55-58-61-67(70)73-64-65(63-72-66(69)60-57-54-51-48-45-24-21-18-15-12-9-6-3)74-68(71)62-59-56-53-50-47-44-42-40-37-30-28-26-23-20-17-14-11-8-5-2/h7-8,10-11,16-17,19-20,25-28,31-32,34-35,37-40,43-44,46-47,53,56,65H,4-6,9,12-15,18,21-24,29-30,33,36,41-42,45,48-52,54-55,57-64H2,1-3H3/b10-7-,11-8-,19-16-,20-17-,27-25-,28-26-,32-31-,35-34-,39-38-,40-37-,46-43-,47-44-,56-53-. The molecule has 0 heterocycles. The molecule has 0 aliphatic rings. The molecule has 0 N–H and O–H groups in total. The zero-order valence-electron chi connectivity index (χ0n) is 47.3. The van der Waals surface area contributed by atoms with Crippen molar-refractivity contribution in [1.29, 1.82) is 0 Å². The maximum absolute atomic E-state index is 12.8. The van der Waals surface area contributed by atoms with E-state index >= 15 is 0 Å². The fourth-order valence-electron chi connectivity index (χ4n) is 7.45. The van der Waals surface area contributed by atoms with Crippen LogP contribution in [0.2, 0.25) is 0 Å². The molecule has 414 valence electrons. The molecular weight excluding hydrogens is 913 g/mol. The Morgan fingerprint density at radius 2 is 0.554 bits per heavy atom. The Hall–Kier alpha value is -4.97. The normalized spacial score (nSPS) is 13.3. The lowest BCUT2D eigenvalue weighted by molar-refractivity contribution is -0.166. The van der Waals surface area contributed by atoms with E-state index in [1.54, 1.807) is 0 Å². The van der Waals surface area contributed by atoms with Gasteiger partial charge in [-0.1, -0.05) is 256 Å². The second-order valence-electron chi connectivity index (χ2n) is 18.8. The maximum Gasteiger partial charge on any atom is 0.306 e. The van der Waals surface area contributed by atoms with E-state index in [1.165, 1.54) is 57.8 Å². The number of carbonyl (C=O) groups is 3. The van der Waals surface area contributed by atoms with Crippen LogP contribution >= 0.6 is 0 Å². The Morgan fingerprint density at radius 1 is 0.284 bits per heavy atom. The van der Waals surface area contributed by atoms with Gasteiger partial charge >= 0.3 is 17.9 Å². The number of ether oxygens (including phenoxy) is 3. The predicted octanol–water partition coefficient (Wildman–Crippen LogP) is 20.1. The molecule has 0 saturated heterocycles. The van der Waals surface area contributed by atoms with Crippen molar-refractivity contribution in [1.82, 2.24) is 0 Å². The molecule has 1 atom stereocenters. The molecule has 0 bridgehead atoms. The van der Waals surface area contributed by atoms with Crippen LogP contribution in [0, 0.1) is 0 Å². The molecular formula is C68H106O6. The molecule has 0 amide bonds. The molecule has 0 spiro atoms. The van der Waals surface area contributed by atoms with Crippen molar-refractivity contribution in [2.45, 2.75) is 239 Å². The summed E-state index contributed by atoms with van der Waals surface area (Å²) in [6, 6.07) is 0. The first kappa shape index (κ1) is 69.0. The van der Waals surface area contributed by atoms with E-state index < -0.39 is 12.1 Å². The maximum atomic E-state index is 12.8. The van der Waals surface area contributed by atoms with Gasteiger partial charge in [0.2, 0.25) is 0 Å². The third-order valence-corrected chi connectivity index (χ3v) is 11.8. The van der Waals surface area contributed by atoms with Gasteiger partial charge in [-0.2, -0.15) is 0 Å². The van der Waals surface area contributed by atoms with Gasteiger partial charge in [0, 0.05) is 19.3 Å². The minimum absolute atomic E-state index is 0.124. The first-order valence-corrected chi connectivity index (χ1v) is 29.5. The van der Waals surface area contributed by atoms with Crippen LogP contribution in [-0.4, -0.2) is 37.2 Å². The summed E-state index contributed by atoms with van der Waals surface area (Å²) in [5, 5.41) is 0. The molecule has 0 saturated carbocycles. The molecule has 0 aromatic heterocycles. The molecule has 1 unspecified atom stereocenters. The van der Waals surface area contributed by atoms with Gasteiger partial charge in [-0.15, -0.1) is 0 Å². The van der Waals surface area contributed by atoms with Gasteiger partial charge in [0.25, 0.3) is 0 Å². The van der Waals surface area contributed by atoms with Gasteiger partial charge < -0.3 is 14.2 Å². The van der Waals surface area contributed by atoms with Crippen molar-refractivity contribution in [2.75, 3.05) is 13.2 Å². The highest BCUT2D eigenvalue weighted by atomic mass is 16.6. The van der Waals surface area contributed by atoms with Crippen molar-refractivity contribution >= 4 is 17.9 Å². The van der Waals surface area contributed by atoms with Gasteiger partial charge in [0.15, 0.2) is 6.10 Å². The van der Waals surface area contributed by atoms with E-state index in [0.717, 1.165) is 128 Å². The van der Waals surface area contributed by atoms with Gasteiger partial charge in [-0.25, -0.2) is 0 Å². The number of esters is 3. The van der Waals surface area contributed by atoms with Crippen molar-refractivity contribution in [3.05, 3.63) is 158 Å². The van der Waals surface area contributed by atoms with Crippen LogP contribution in [0.15, 0.2) is 158 Å². The SMILES string of the molecule is CC/C=C\C/C=C\C/C=C\C/C=C\C/C=C\C/C=C\C/C=C\CCCCCC(=O)OCC(COC(=O)CCCCCCCCCCCCCC)OC(=O)CC/C=C\C/C=C\C/C=C\C/C=C\C/C=C\C/C=C\CC.